The van der Waals surface area contributed by atoms with Gasteiger partial charge in [-0.15, -0.1) is 6.42 Å². The summed E-state index contributed by atoms with van der Waals surface area (Å²) in [5.41, 5.74) is -0.651. The van der Waals surface area contributed by atoms with Crippen LogP contribution in [0.5, 0.6) is 11.5 Å². The van der Waals surface area contributed by atoms with Gasteiger partial charge in [-0.1, -0.05) is 29.1 Å². The molecule has 0 atom stereocenters. The summed E-state index contributed by atoms with van der Waals surface area (Å²) in [5.74, 6) is 1.87. The largest absolute Gasteiger partial charge is 0.505 e. The Morgan fingerprint density at radius 1 is 1.19 bits per heavy atom. The highest BCUT2D eigenvalue weighted by molar-refractivity contribution is 6.37. The third-order valence-electron chi connectivity index (χ3n) is 3.62. The Bertz CT molecular complexity index is 1110. The Balaban J connectivity index is 2.51. The number of benzene rings is 1. The number of pyridine rings is 1. The average Bonchev–Trinajstić information content (AvgIpc) is 2.64. The first-order valence-corrected chi connectivity index (χ1v) is 7.98. The van der Waals surface area contributed by atoms with E-state index in [0.29, 0.717) is 0 Å². The van der Waals surface area contributed by atoms with Gasteiger partial charge in [-0.3, -0.25) is 9.36 Å². The van der Waals surface area contributed by atoms with Crippen molar-refractivity contribution in [3.63, 3.8) is 0 Å². The van der Waals surface area contributed by atoms with Crippen molar-refractivity contribution in [1.29, 1.82) is 0 Å². The second-order valence-electron chi connectivity index (χ2n) is 5.05. The number of rotatable bonds is 4. The Labute approximate surface area is 157 Å². The molecule has 9 heteroatoms. The van der Waals surface area contributed by atoms with Gasteiger partial charge in [0.15, 0.2) is 23.9 Å². The van der Waals surface area contributed by atoms with Crippen molar-refractivity contribution in [3.05, 3.63) is 44.9 Å². The fraction of sp³-hybridized carbons (Fsp3) is 0.118. The molecule has 2 aromatic heterocycles. The normalized spacial score (nSPS) is 10.7. The molecule has 3 aromatic rings. The molecule has 1 aromatic carbocycles. The van der Waals surface area contributed by atoms with Gasteiger partial charge < -0.3 is 14.9 Å². The first-order chi connectivity index (χ1) is 12.5. The van der Waals surface area contributed by atoms with Gasteiger partial charge in [0.2, 0.25) is 0 Å². The number of aliphatic hydroxyl groups is 1. The van der Waals surface area contributed by atoms with Crippen LogP contribution in [0.4, 0.5) is 0 Å². The number of ether oxygens (including phenoxy) is 1. The second kappa shape index (κ2) is 7.22. The molecular formula is C17H11Cl2N3O4. The van der Waals surface area contributed by atoms with E-state index in [1.807, 2.05) is 0 Å². The molecule has 0 aliphatic carbocycles. The lowest BCUT2D eigenvalue weighted by Crippen LogP contribution is -2.23. The van der Waals surface area contributed by atoms with Crippen molar-refractivity contribution in [2.24, 2.45) is 0 Å². The van der Waals surface area contributed by atoms with E-state index in [1.165, 1.54) is 29.1 Å². The van der Waals surface area contributed by atoms with Gasteiger partial charge in [-0.25, -0.2) is 9.97 Å². The number of halogens is 2. The smallest absolute Gasteiger partial charge is 0.265 e. The number of aliphatic hydroxyl groups excluding tert-OH is 1. The van der Waals surface area contributed by atoms with E-state index in [0.717, 1.165) is 0 Å². The molecule has 3 rings (SSSR count). The van der Waals surface area contributed by atoms with E-state index >= 15 is 0 Å². The highest BCUT2D eigenvalue weighted by atomic mass is 35.5. The zero-order valence-corrected chi connectivity index (χ0v) is 14.6. The number of nitrogens with zero attached hydrogens (tertiary/aromatic N) is 3. The maximum absolute atomic E-state index is 13.0. The van der Waals surface area contributed by atoms with Crippen LogP contribution in [0.15, 0.2) is 29.3 Å². The van der Waals surface area contributed by atoms with Gasteiger partial charge in [0.05, 0.1) is 27.7 Å². The van der Waals surface area contributed by atoms with Crippen LogP contribution in [0.25, 0.3) is 22.3 Å². The van der Waals surface area contributed by atoms with Gasteiger partial charge in [0.1, 0.15) is 5.52 Å². The molecule has 7 nitrogen and oxygen atoms in total. The third kappa shape index (κ3) is 2.84. The molecule has 0 amide bonds. The number of hydrogen-bond acceptors (Lipinski definition) is 6. The van der Waals surface area contributed by atoms with Gasteiger partial charge in [-0.2, -0.15) is 0 Å². The first-order valence-electron chi connectivity index (χ1n) is 7.23. The van der Waals surface area contributed by atoms with E-state index in [4.69, 9.17) is 39.5 Å². The van der Waals surface area contributed by atoms with Crippen LogP contribution in [-0.2, 0) is 6.54 Å². The van der Waals surface area contributed by atoms with Crippen molar-refractivity contribution < 1.29 is 14.9 Å². The topological polar surface area (TPSA) is 97.5 Å². The molecule has 2 heterocycles. The molecule has 0 radical (unpaired) electrons. The average molecular weight is 392 g/mol. The molecule has 0 fully saturated rings. The SMILES string of the molecule is C#CCn1c(=O)c(-c2c(Cl)ccc(Cl)c2OCO)c(O)c2nccnc21. The summed E-state index contributed by atoms with van der Waals surface area (Å²) in [4.78, 5) is 21.2. The Morgan fingerprint density at radius 2 is 1.88 bits per heavy atom. The number of fused-ring (bicyclic) bond motifs is 1. The van der Waals surface area contributed by atoms with E-state index in [1.54, 1.807) is 0 Å². The monoisotopic (exact) mass is 391 g/mol. The second-order valence-corrected chi connectivity index (χ2v) is 5.87. The van der Waals surface area contributed by atoms with Crippen molar-refractivity contribution in [2.45, 2.75) is 6.54 Å². The van der Waals surface area contributed by atoms with Crippen LogP contribution in [0.1, 0.15) is 0 Å². The minimum absolute atomic E-state index is 0.0223. The fourth-order valence-corrected chi connectivity index (χ4v) is 3.04. The Morgan fingerprint density at radius 3 is 2.58 bits per heavy atom. The minimum Gasteiger partial charge on any atom is -0.505 e. The maximum Gasteiger partial charge on any atom is 0.265 e. The lowest BCUT2D eigenvalue weighted by Gasteiger charge is -2.16. The molecule has 0 bridgehead atoms. The molecule has 0 spiro atoms. The van der Waals surface area contributed by atoms with E-state index in [-0.39, 0.29) is 44.6 Å². The summed E-state index contributed by atoms with van der Waals surface area (Å²) in [6.45, 7) is -0.810. The summed E-state index contributed by atoms with van der Waals surface area (Å²) < 4.78 is 6.31. The minimum atomic E-state index is -0.709. The van der Waals surface area contributed by atoms with E-state index in [2.05, 4.69) is 15.9 Å². The van der Waals surface area contributed by atoms with Crippen LogP contribution in [-0.4, -0.2) is 31.5 Å². The zero-order chi connectivity index (χ0) is 18.8. The molecule has 2 N–H and O–H groups in total. The van der Waals surface area contributed by atoms with Crippen molar-refractivity contribution >= 4 is 34.4 Å². The quantitative estimate of drug-likeness (QED) is 0.523. The molecule has 0 unspecified atom stereocenters. The van der Waals surface area contributed by atoms with Crippen LogP contribution in [0.3, 0.4) is 0 Å². The lowest BCUT2D eigenvalue weighted by atomic mass is 10.0. The first kappa shape index (κ1) is 18.0. The molecule has 0 saturated carbocycles. The molecule has 26 heavy (non-hydrogen) atoms. The van der Waals surface area contributed by atoms with E-state index < -0.39 is 18.1 Å². The maximum atomic E-state index is 13.0. The van der Waals surface area contributed by atoms with Gasteiger partial charge in [0, 0.05) is 12.4 Å². The number of hydrogen-bond donors (Lipinski definition) is 2. The van der Waals surface area contributed by atoms with Crippen molar-refractivity contribution in [3.8, 4) is 35.0 Å². The summed E-state index contributed by atoms with van der Waals surface area (Å²) in [6.07, 6.45) is 8.09. The van der Waals surface area contributed by atoms with Gasteiger partial charge >= 0.3 is 0 Å². The summed E-state index contributed by atoms with van der Waals surface area (Å²) >= 11 is 12.3. The van der Waals surface area contributed by atoms with Crippen LogP contribution in [0, 0.1) is 12.3 Å². The van der Waals surface area contributed by atoms with Gasteiger partial charge in [-0.05, 0) is 12.1 Å². The predicted molar refractivity (Wildman–Crippen MR) is 97.5 cm³/mol. The number of aromatic hydroxyl groups is 1. The lowest BCUT2D eigenvalue weighted by molar-refractivity contribution is 0.0991. The molecular weight excluding hydrogens is 381 g/mol. The summed E-state index contributed by atoms with van der Waals surface area (Å²) in [5, 5.41) is 20.0. The van der Waals surface area contributed by atoms with Crippen molar-refractivity contribution in [1.82, 2.24) is 14.5 Å². The van der Waals surface area contributed by atoms with Crippen molar-refractivity contribution in [2.75, 3.05) is 6.79 Å². The molecule has 0 aliphatic rings. The Hall–Kier alpha value is -2.79. The molecule has 0 aliphatic heterocycles. The van der Waals surface area contributed by atoms with Crippen LogP contribution in [0.2, 0.25) is 10.0 Å². The highest BCUT2D eigenvalue weighted by Gasteiger charge is 2.25. The molecule has 0 saturated heterocycles. The van der Waals surface area contributed by atoms with Crippen LogP contribution >= 0.6 is 23.2 Å². The molecule has 132 valence electrons. The predicted octanol–water partition coefficient (Wildman–Crippen LogP) is 2.43. The third-order valence-corrected chi connectivity index (χ3v) is 4.23. The van der Waals surface area contributed by atoms with E-state index in [9.17, 15) is 9.90 Å². The number of aromatic nitrogens is 3. The van der Waals surface area contributed by atoms with Gasteiger partial charge in [0.25, 0.3) is 5.56 Å². The summed E-state index contributed by atoms with van der Waals surface area (Å²) in [6, 6.07) is 2.88. The number of terminal acetylenes is 1. The fourth-order valence-electron chi connectivity index (χ4n) is 2.58. The Kier molecular flexibility index (Phi) is 5.00. The summed E-state index contributed by atoms with van der Waals surface area (Å²) in [7, 11) is 0. The highest BCUT2D eigenvalue weighted by Crippen LogP contribution is 2.44. The van der Waals surface area contributed by atoms with Crippen LogP contribution < -0.4 is 10.3 Å². The zero-order valence-electron chi connectivity index (χ0n) is 13.1. The standard InChI is InChI=1S/C17H11Cl2N3O4/c1-2-7-22-16-13(20-5-6-21-16)14(24)12(17(22)25)11-9(18)3-4-10(19)15(11)26-8-23/h1,3-6,23-24H,7-8H2.